The van der Waals surface area contributed by atoms with Crippen LogP contribution in [0.5, 0.6) is 11.5 Å². The van der Waals surface area contributed by atoms with Crippen LogP contribution in [0.4, 0.5) is 4.79 Å². The number of ether oxygens (including phenoxy) is 2. The molecule has 2 aliphatic heterocycles. The first kappa shape index (κ1) is 18.8. The van der Waals surface area contributed by atoms with Crippen LogP contribution in [0.15, 0.2) is 42.5 Å². The van der Waals surface area contributed by atoms with E-state index in [1.807, 2.05) is 31.2 Å². The van der Waals surface area contributed by atoms with Crippen molar-refractivity contribution >= 4 is 17.8 Å². The number of hydrogen-bond donors (Lipinski definition) is 2. The van der Waals surface area contributed by atoms with Gasteiger partial charge >= 0.3 is 6.03 Å². The SMILES string of the molecule is Cc1ccccc1CNC(=O)CN1C(=O)N[C@](C)(c2ccc3c(c2)OCO3)C1=O. The van der Waals surface area contributed by atoms with E-state index < -0.39 is 23.4 Å². The van der Waals surface area contributed by atoms with Crippen LogP contribution in [0.25, 0.3) is 0 Å². The van der Waals surface area contributed by atoms with Gasteiger partial charge in [-0.15, -0.1) is 0 Å². The Morgan fingerprint density at radius 2 is 1.93 bits per heavy atom. The molecule has 1 saturated heterocycles. The van der Waals surface area contributed by atoms with Gasteiger partial charge in [-0.1, -0.05) is 30.3 Å². The van der Waals surface area contributed by atoms with E-state index in [2.05, 4.69) is 10.6 Å². The maximum atomic E-state index is 13.0. The summed E-state index contributed by atoms with van der Waals surface area (Å²) < 4.78 is 10.6. The molecule has 150 valence electrons. The number of aryl methyl sites for hydroxylation is 1. The van der Waals surface area contributed by atoms with Crippen molar-refractivity contribution in [1.29, 1.82) is 0 Å². The maximum Gasteiger partial charge on any atom is 0.325 e. The van der Waals surface area contributed by atoms with Gasteiger partial charge in [0.1, 0.15) is 12.1 Å². The average molecular weight is 395 g/mol. The lowest BCUT2D eigenvalue weighted by atomic mass is 9.91. The molecule has 8 nitrogen and oxygen atoms in total. The van der Waals surface area contributed by atoms with Crippen molar-refractivity contribution < 1.29 is 23.9 Å². The van der Waals surface area contributed by atoms with E-state index in [-0.39, 0.29) is 13.3 Å². The third-order valence-electron chi connectivity index (χ3n) is 5.26. The predicted octanol–water partition coefficient (Wildman–Crippen LogP) is 1.81. The summed E-state index contributed by atoms with van der Waals surface area (Å²) in [5, 5.41) is 5.45. The standard InChI is InChI=1S/C21H21N3O5/c1-13-5-3-4-6-14(13)10-22-18(25)11-24-19(26)21(2,23-20(24)27)15-7-8-16-17(9-15)29-12-28-16/h3-9H,10-12H2,1-2H3,(H,22,25)(H,23,27)/t21-/m1/s1. The Morgan fingerprint density at radius 1 is 1.17 bits per heavy atom. The number of nitrogens with one attached hydrogen (secondary N) is 2. The Labute approximate surface area is 167 Å². The summed E-state index contributed by atoms with van der Waals surface area (Å²) in [7, 11) is 0. The third-order valence-corrected chi connectivity index (χ3v) is 5.26. The molecule has 1 atom stereocenters. The number of imide groups is 1. The zero-order valence-electron chi connectivity index (χ0n) is 16.2. The first-order valence-corrected chi connectivity index (χ1v) is 9.24. The lowest BCUT2D eigenvalue weighted by Crippen LogP contribution is -2.43. The Morgan fingerprint density at radius 3 is 2.72 bits per heavy atom. The maximum absolute atomic E-state index is 13.0. The van der Waals surface area contributed by atoms with Crippen molar-refractivity contribution in [3.8, 4) is 11.5 Å². The Balaban J connectivity index is 1.45. The van der Waals surface area contributed by atoms with E-state index in [4.69, 9.17) is 9.47 Å². The van der Waals surface area contributed by atoms with Crippen molar-refractivity contribution in [2.45, 2.75) is 25.9 Å². The molecule has 2 aromatic rings. The number of hydrogen-bond acceptors (Lipinski definition) is 5. The molecule has 2 N–H and O–H groups in total. The van der Waals surface area contributed by atoms with Gasteiger partial charge in [0.05, 0.1) is 0 Å². The molecule has 1 fully saturated rings. The summed E-state index contributed by atoms with van der Waals surface area (Å²) in [6.45, 7) is 3.65. The van der Waals surface area contributed by atoms with Gasteiger partial charge in [-0.05, 0) is 42.7 Å². The van der Waals surface area contributed by atoms with E-state index >= 15 is 0 Å². The summed E-state index contributed by atoms with van der Waals surface area (Å²) in [5.41, 5.74) is 1.30. The monoisotopic (exact) mass is 395 g/mol. The van der Waals surface area contributed by atoms with Crippen molar-refractivity contribution in [2.75, 3.05) is 13.3 Å². The van der Waals surface area contributed by atoms with E-state index in [0.717, 1.165) is 16.0 Å². The van der Waals surface area contributed by atoms with Crippen LogP contribution in [0, 0.1) is 6.92 Å². The summed E-state index contributed by atoms with van der Waals surface area (Å²) in [4.78, 5) is 38.7. The first-order chi connectivity index (χ1) is 13.9. The first-order valence-electron chi connectivity index (χ1n) is 9.24. The number of carbonyl (C=O) groups is 3. The molecule has 0 radical (unpaired) electrons. The summed E-state index contributed by atoms with van der Waals surface area (Å²) in [5.74, 6) is 0.195. The summed E-state index contributed by atoms with van der Waals surface area (Å²) in [6.07, 6.45) is 0. The molecule has 2 heterocycles. The van der Waals surface area contributed by atoms with Crippen LogP contribution in [0.1, 0.15) is 23.6 Å². The minimum atomic E-state index is -1.28. The fourth-order valence-corrected chi connectivity index (χ4v) is 3.45. The zero-order valence-corrected chi connectivity index (χ0v) is 16.2. The van der Waals surface area contributed by atoms with E-state index in [0.29, 0.717) is 23.6 Å². The highest BCUT2D eigenvalue weighted by Gasteiger charge is 2.49. The zero-order chi connectivity index (χ0) is 20.6. The lowest BCUT2D eigenvalue weighted by Gasteiger charge is -2.22. The Kier molecular flexibility index (Phi) is 4.62. The number of nitrogens with zero attached hydrogens (tertiary/aromatic N) is 1. The Bertz CT molecular complexity index is 1010. The van der Waals surface area contributed by atoms with Gasteiger partial charge in [-0.3, -0.25) is 14.5 Å². The van der Waals surface area contributed by atoms with Crippen molar-refractivity contribution in [1.82, 2.24) is 15.5 Å². The molecule has 0 bridgehead atoms. The summed E-state index contributed by atoms with van der Waals surface area (Å²) >= 11 is 0. The molecule has 29 heavy (non-hydrogen) atoms. The third kappa shape index (κ3) is 3.37. The highest BCUT2D eigenvalue weighted by atomic mass is 16.7. The highest BCUT2D eigenvalue weighted by molar-refractivity contribution is 6.09. The number of fused-ring (bicyclic) bond motifs is 1. The quantitative estimate of drug-likeness (QED) is 0.753. The predicted molar refractivity (Wildman–Crippen MR) is 103 cm³/mol. The molecule has 0 aromatic heterocycles. The average Bonchev–Trinajstić information content (AvgIpc) is 3.26. The molecule has 8 heteroatoms. The molecule has 0 saturated carbocycles. The normalized spacial score (nSPS) is 20.0. The van der Waals surface area contributed by atoms with Gasteiger partial charge in [0, 0.05) is 6.54 Å². The second-order valence-electron chi connectivity index (χ2n) is 7.22. The smallest absolute Gasteiger partial charge is 0.325 e. The van der Waals surface area contributed by atoms with Crippen LogP contribution < -0.4 is 20.1 Å². The van der Waals surface area contributed by atoms with E-state index in [1.54, 1.807) is 25.1 Å². The highest BCUT2D eigenvalue weighted by Crippen LogP contribution is 2.37. The minimum Gasteiger partial charge on any atom is -0.454 e. The van der Waals surface area contributed by atoms with Crippen molar-refractivity contribution in [3.63, 3.8) is 0 Å². The molecule has 0 spiro atoms. The van der Waals surface area contributed by atoms with Gasteiger partial charge in [-0.25, -0.2) is 4.79 Å². The molecule has 2 aliphatic rings. The molecular formula is C21H21N3O5. The molecule has 4 rings (SSSR count). The van der Waals surface area contributed by atoms with E-state index in [9.17, 15) is 14.4 Å². The van der Waals surface area contributed by atoms with Crippen molar-refractivity contribution in [2.24, 2.45) is 0 Å². The van der Waals surface area contributed by atoms with Gasteiger partial charge in [0.2, 0.25) is 12.7 Å². The van der Waals surface area contributed by atoms with Gasteiger partial charge in [0.15, 0.2) is 11.5 Å². The minimum absolute atomic E-state index is 0.114. The number of amides is 4. The van der Waals surface area contributed by atoms with E-state index in [1.165, 1.54) is 0 Å². The van der Waals surface area contributed by atoms with Crippen LogP contribution in [0.3, 0.4) is 0 Å². The molecular weight excluding hydrogens is 374 g/mol. The molecule has 0 unspecified atom stereocenters. The van der Waals surface area contributed by atoms with Crippen LogP contribution >= 0.6 is 0 Å². The number of carbonyl (C=O) groups excluding carboxylic acids is 3. The van der Waals surface area contributed by atoms with Gasteiger partial charge in [-0.2, -0.15) is 0 Å². The Hall–Kier alpha value is -3.55. The van der Waals surface area contributed by atoms with Crippen molar-refractivity contribution in [3.05, 3.63) is 59.2 Å². The molecule has 4 amide bonds. The summed E-state index contributed by atoms with van der Waals surface area (Å²) in [6, 6.07) is 12.1. The fourth-order valence-electron chi connectivity index (χ4n) is 3.45. The topological polar surface area (TPSA) is 97.0 Å². The number of benzene rings is 2. The molecule has 0 aliphatic carbocycles. The van der Waals surface area contributed by atoms with Gasteiger partial charge < -0.3 is 20.1 Å². The van der Waals surface area contributed by atoms with Crippen LogP contribution in [-0.4, -0.2) is 36.1 Å². The fraction of sp³-hybridized carbons (Fsp3) is 0.286. The van der Waals surface area contributed by atoms with Gasteiger partial charge in [0.25, 0.3) is 5.91 Å². The van der Waals surface area contributed by atoms with Crippen LogP contribution in [0.2, 0.25) is 0 Å². The second-order valence-corrected chi connectivity index (χ2v) is 7.22. The second kappa shape index (κ2) is 7.12. The largest absolute Gasteiger partial charge is 0.454 e. The number of urea groups is 1. The van der Waals surface area contributed by atoms with Crippen LogP contribution in [-0.2, 0) is 21.7 Å². The molecule has 2 aromatic carbocycles. The number of rotatable bonds is 5. The lowest BCUT2D eigenvalue weighted by molar-refractivity contribution is -0.134.